The van der Waals surface area contributed by atoms with Crippen LogP contribution < -0.4 is 10.1 Å². The Bertz CT molecular complexity index is 1680. The second-order valence-corrected chi connectivity index (χ2v) is 9.89. The molecule has 13 heteroatoms. The zero-order chi connectivity index (χ0) is 32.7. The van der Waals surface area contributed by atoms with E-state index in [2.05, 4.69) is 10.1 Å². The van der Waals surface area contributed by atoms with Gasteiger partial charge in [-0.1, -0.05) is 48.5 Å². The first-order chi connectivity index (χ1) is 21.3. The van der Waals surface area contributed by atoms with Gasteiger partial charge in [-0.05, 0) is 59.3 Å². The van der Waals surface area contributed by atoms with Crippen LogP contribution in [0.15, 0.2) is 84.9 Å². The fraction of sp³-hybridized carbons (Fsp3) is 0.219. The fourth-order valence-electron chi connectivity index (χ4n) is 4.58. The highest BCUT2D eigenvalue weighted by Gasteiger charge is 2.44. The number of carbonyl (C=O) groups is 3. The number of ether oxygens (including phenoxy) is 2. The summed E-state index contributed by atoms with van der Waals surface area (Å²) in [6, 6.07) is 16.5. The van der Waals surface area contributed by atoms with Crippen molar-refractivity contribution in [3.63, 3.8) is 0 Å². The summed E-state index contributed by atoms with van der Waals surface area (Å²) in [6.45, 7) is 0. The molecular formula is C32H25F6NO6. The van der Waals surface area contributed by atoms with Gasteiger partial charge in [-0.2, -0.15) is 17.6 Å². The molecular weight excluding hydrogens is 608 g/mol. The molecule has 1 amide bonds. The quantitative estimate of drug-likeness (QED) is 0.123. The van der Waals surface area contributed by atoms with E-state index in [0.29, 0.717) is 0 Å². The second kappa shape index (κ2) is 14.1. The van der Waals surface area contributed by atoms with Crippen LogP contribution in [0.4, 0.5) is 26.3 Å². The van der Waals surface area contributed by atoms with Crippen LogP contribution >= 0.6 is 0 Å². The number of carboxylic acids is 1. The Hall–Kier alpha value is -5.07. The highest BCUT2D eigenvalue weighted by atomic mass is 19.3. The zero-order valence-corrected chi connectivity index (χ0v) is 23.2. The van der Waals surface area contributed by atoms with Crippen molar-refractivity contribution in [2.75, 3.05) is 0 Å². The molecule has 0 radical (unpaired) electrons. The lowest BCUT2D eigenvalue weighted by Crippen LogP contribution is -2.42. The van der Waals surface area contributed by atoms with Crippen LogP contribution in [-0.2, 0) is 20.7 Å². The van der Waals surface area contributed by atoms with Gasteiger partial charge < -0.3 is 19.9 Å². The fourth-order valence-corrected chi connectivity index (χ4v) is 4.58. The summed E-state index contributed by atoms with van der Waals surface area (Å²) in [7, 11) is 0. The average Bonchev–Trinajstić information content (AvgIpc) is 2.99. The summed E-state index contributed by atoms with van der Waals surface area (Å²) in [5, 5.41) is 12.1. The maximum Gasteiger partial charge on any atom is 0.461 e. The number of fused-ring (bicyclic) bond motifs is 1. The van der Waals surface area contributed by atoms with Crippen LogP contribution in [0.5, 0.6) is 5.75 Å². The van der Waals surface area contributed by atoms with Crippen molar-refractivity contribution < 1.29 is 55.3 Å². The van der Waals surface area contributed by atoms with Crippen molar-refractivity contribution in [1.29, 1.82) is 0 Å². The summed E-state index contributed by atoms with van der Waals surface area (Å²) in [5.41, 5.74) is 0.368. The topological polar surface area (TPSA) is 102 Å². The predicted octanol–water partition coefficient (Wildman–Crippen LogP) is 6.85. The van der Waals surface area contributed by atoms with Crippen molar-refractivity contribution in [1.82, 2.24) is 5.32 Å². The first kappa shape index (κ1) is 32.8. The van der Waals surface area contributed by atoms with Crippen LogP contribution in [0.3, 0.4) is 0 Å². The van der Waals surface area contributed by atoms with E-state index >= 15 is 0 Å². The number of benzene rings is 4. The average molecular weight is 634 g/mol. The van der Waals surface area contributed by atoms with E-state index in [-0.39, 0.29) is 33.9 Å². The number of carboxylic acid groups (broad SMARTS) is 1. The van der Waals surface area contributed by atoms with Gasteiger partial charge in [0.2, 0.25) is 0 Å². The van der Waals surface area contributed by atoms with Gasteiger partial charge in [0.25, 0.3) is 5.91 Å². The minimum atomic E-state index is -4.80. The van der Waals surface area contributed by atoms with Crippen LogP contribution in [0.25, 0.3) is 10.8 Å². The molecule has 7 nitrogen and oxygen atoms in total. The van der Waals surface area contributed by atoms with Gasteiger partial charge >= 0.3 is 24.5 Å². The van der Waals surface area contributed by atoms with Crippen molar-refractivity contribution >= 4 is 28.6 Å². The molecule has 0 aliphatic rings. The van der Waals surface area contributed by atoms with Crippen molar-refractivity contribution in [2.24, 2.45) is 0 Å². The van der Waals surface area contributed by atoms with Crippen LogP contribution in [0, 0.1) is 11.6 Å². The summed E-state index contributed by atoms with van der Waals surface area (Å²) in [5.74, 6) is -4.88. The van der Waals surface area contributed by atoms with Gasteiger partial charge in [0.05, 0.1) is 18.9 Å². The predicted molar refractivity (Wildman–Crippen MR) is 149 cm³/mol. The number of rotatable bonds is 13. The van der Waals surface area contributed by atoms with Gasteiger partial charge in [-0.25, -0.2) is 8.78 Å². The molecule has 0 bridgehead atoms. The molecule has 4 aromatic carbocycles. The number of halogens is 6. The van der Waals surface area contributed by atoms with Crippen molar-refractivity contribution in [3.05, 3.63) is 113 Å². The van der Waals surface area contributed by atoms with Gasteiger partial charge in [0, 0.05) is 10.9 Å². The second-order valence-electron chi connectivity index (χ2n) is 9.89. The van der Waals surface area contributed by atoms with Crippen molar-refractivity contribution in [2.45, 2.75) is 43.9 Å². The van der Waals surface area contributed by atoms with Crippen LogP contribution in [0.2, 0.25) is 0 Å². The molecule has 45 heavy (non-hydrogen) atoms. The molecule has 0 aliphatic heterocycles. The standard InChI is InChI=1S/C32H25F6NO6/c33-20-10-8-19(9-11-20)29(44-28(42)15-14-27(40)41)26(17-18-4-3-5-21(16-18)45-32(37,38)31(35)36)39-30(43)24-12-13-25(34)23-7-2-1-6-22(23)24/h1-13,16,26,29,31H,14-15,17H2,(H,39,43)(H,40,41). The van der Waals surface area contributed by atoms with Gasteiger partial charge in [0.15, 0.2) is 0 Å². The molecule has 2 unspecified atom stereocenters. The molecule has 0 saturated carbocycles. The molecule has 0 spiro atoms. The van der Waals surface area contributed by atoms with Crippen LogP contribution in [-0.4, -0.2) is 41.5 Å². The molecule has 2 atom stereocenters. The zero-order valence-electron chi connectivity index (χ0n) is 23.2. The third-order valence-corrected chi connectivity index (χ3v) is 6.66. The maximum atomic E-state index is 14.5. The lowest BCUT2D eigenvalue weighted by Gasteiger charge is -2.29. The van der Waals surface area contributed by atoms with E-state index in [0.717, 1.165) is 30.3 Å². The molecule has 236 valence electrons. The molecule has 0 aliphatic carbocycles. The molecule has 0 heterocycles. The Kier molecular flexibility index (Phi) is 10.3. The summed E-state index contributed by atoms with van der Waals surface area (Å²) < 4.78 is 90.8. The molecule has 4 rings (SSSR count). The first-order valence-corrected chi connectivity index (χ1v) is 13.4. The Morgan fingerprint density at radius 3 is 2.20 bits per heavy atom. The summed E-state index contributed by atoms with van der Waals surface area (Å²) in [4.78, 5) is 37.4. The number of hydrogen-bond donors (Lipinski definition) is 2. The Morgan fingerprint density at radius 1 is 0.844 bits per heavy atom. The number of aliphatic carboxylic acids is 1. The molecule has 0 saturated heterocycles. The molecule has 0 aromatic heterocycles. The maximum absolute atomic E-state index is 14.5. The monoisotopic (exact) mass is 633 g/mol. The lowest BCUT2D eigenvalue weighted by atomic mass is 9.94. The van der Waals surface area contributed by atoms with Gasteiger partial charge in [-0.3, -0.25) is 14.4 Å². The van der Waals surface area contributed by atoms with E-state index < -0.39 is 72.8 Å². The molecule has 2 N–H and O–H groups in total. The van der Waals surface area contributed by atoms with E-state index in [1.54, 1.807) is 12.1 Å². The van der Waals surface area contributed by atoms with Crippen LogP contribution in [0.1, 0.15) is 40.4 Å². The number of alkyl halides is 4. The normalized spacial score (nSPS) is 12.9. The Balaban J connectivity index is 1.75. The number of hydrogen-bond acceptors (Lipinski definition) is 5. The summed E-state index contributed by atoms with van der Waals surface area (Å²) >= 11 is 0. The number of amides is 1. The molecule has 4 aromatic rings. The number of carbonyl (C=O) groups excluding carboxylic acids is 2. The smallest absolute Gasteiger partial charge is 0.461 e. The van der Waals surface area contributed by atoms with Gasteiger partial charge in [-0.15, -0.1) is 0 Å². The first-order valence-electron chi connectivity index (χ1n) is 13.4. The number of nitrogens with one attached hydrogen (secondary N) is 1. The minimum Gasteiger partial charge on any atom is -0.481 e. The largest absolute Gasteiger partial charge is 0.481 e. The Morgan fingerprint density at radius 2 is 1.53 bits per heavy atom. The minimum absolute atomic E-state index is 0.0284. The number of esters is 1. The van der Waals surface area contributed by atoms with E-state index in [9.17, 15) is 40.7 Å². The van der Waals surface area contributed by atoms with E-state index in [4.69, 9.17) is 9.84 Å². The van der Waals surface area contributed by atoms with E-state index in [1.807, 2.05) is 0 Å². The highest BCUT2D eigenvalue weighted by molar-refractivity contribution is 6.07. The molecule has 0 fully saturated rings. The summed E-state index contributed by atoms with van der Waals surface area (Å²) in [6.07, 6.45) is -11.7. The van der Waals surface area contributed by atoms with Gasteiger partial charge in [0.1, 0.15) is 23.5 Å². The third kappa shape index (κ3) is 8.52. The Labute approximate surface area is 252 Å². The highest BCUT2D eigenvalue weighted by Crippen LogP contribution is 2.31. The third-order valence-electron chi connectivity index (χ3n) is 6.66. The lowest BCUT2D eigenvalue weighted by molar-refractivity contribution is -0.253. The van der Waals surface area contributed by atoms with E-state index in [1.165, 1.54) is 42.5 Å². The van der Waals surface area contributed by atoms with Crippen molar-refractivity contribution in [3.8, 4) is 5.75 Å². The SMILES string of the molecule is O=C(O)CCC(=O)OC(c1ccc(F)cc1)C(Cc1cccc(OC(F)(F)C(F)F)c1)NC(=O)c1ccc(F)c2ccccc12.